The smallest absolute Gasteiger partial charge is 0.0555 e. The summed E-state index contributed by atoms with van der Waals surface area (Å²) in [6.07, 6.45) is 3.75. The second-order valence-corrected chi connectivity index (χ2v) is 6.83. The molecule has 3 heteroatoms. The van der Waals surface area contributed by atoms with Crippen molar-refractivity contribution in [2.24, 2.45) is 0 Å². The fourth-order valence-corrected chi connectivity index (χ4v) is 1.94. The van der Waals surface area contributed by atoms with Gasteiger partial charge in [0.1, 0.15) is 0 Å². The van der Waals surface area contributed by atoms with Crippen LogP contribution in [0.5, 0.6) is 0 Å². The predicted molar refractivity (Wildman–Crippen MR) is 64.8 cm³/mol. The molecule has 0 aromatic carbocycles. The summed E-state index contributed by atoms with van der Waals surface area (Å²) < 4.78 is 5.36. The lowest BCUT2D eigenvalue weighted by molar-refractivity contribution is 0.693. The zero-order chi connectivity index (χ0) is 10.5. The van der Waals surface area contributed by atoms with E-state index >= 15 is 0 Å². The first-order chi connectivity index (χ1) is 5.83. The molecule has 0 atom stereocenters. The Labute approximate surface area is 90.4 Å². The van der Waals surface area contributed by atoms with Gasteiger partial charge in [0.05, 0.1) is 9.49 Å². The maximum absolute atomic E-state index is 5.44. The average molecular weight is 218 g/mol. The lowest BCUT2D eigenvalue weighted by Gasteiger charge is -2.21. The molecule has 0 radical (unpaired) electrons. The zero-order valence-electron chi connectivity index (χ0n) is 8.79. The van der Waals surface area contributed by atoms with Gasteiger partial charge in [-0.05, 0) is 27.7 Å². The quantitative estimate of drug-likeness (QED) is 0.488. The molecule has 0 bridgehead atoms. The first kappa shape index (κ1) is 13.1. The van der Waals surface area contributed by atoms with Gasteiger partial charge in [0, 0.05) is 24.1 Å². The van der Waals surface area contributed by atoms with Crippen molar-refractivity contribution in [3.8, 4) is 0 Å². The van der Waals surface area contributed by atoms with Crippen molar-refractivity contribution < 1.29 is 3.63 Å². The van der Waals surface area contributed by atoms with E-state index < -0.39 is 0 Å². The summed E-state index contributed by atoms with van der Waals surface area (Å²) in [6.45, 7) is 15.7. The highest BCUT2D eigenvalue weighted by molar-refractivity contribution is 8.09. The van der Waals surface area contributed by atoms with Crippen LogP contribution in [-0.4, -0.2) is 9.49 Å². The third-order valence-electron chi connectivity index (χ3n) is 1.48. The molecular formula is C10H18OS2. The Balaban J connectivity index is 3.80. The summed E-state index contributed by atoms with van der Waals surface area (Å²) in [5.74, 6) is 0. The lowest BCUT2D eigenvalue weighted by atomic mass is 10.2. The van der Waals surface area contributed by atoms with Crippen LogP contribution in [0.2, 0.25) is 0 Å². The van der Waals surface area contributed by atoms with Crippen LogP contribution in [0.4, 0.5) is 0 Å². The van der Waals surface area contributed by atoms with Gasteiger partial charge in [0.15, 0.2) is 0 Å². The minimum atomic E-state index is -0.0375. The zero-order valence-corrected chi connectivity index (χ0v) is 10.4. The summed E-state index contributed by atoms with van der Waals surface area (Å²) in [5, 5.41) is 0. The Hall–Kier alpha value is 0.140. The van der Waals surface area contributed by atoms with E-state index in [2.05, 4.69) is 40.9 Å². The fraction of sp³-hybridized carbons (Fsp3) is 0.600. The fourth-order valence-electron chi connectivity index (χ4n) is 0.260. The third-order valence-corrected chi connectivity index (χ3v) is 3.22. The topological polar surface area (TPSA) is 9.23 Å². The van der Waals surface area contributed by atoms with Gasteiger partial charge >= 0.3 is 0 Å². The number of hydrogen-bond acceptors (Lipinski definition) is 3. The molecule has 0 unspecified atom stereocenters. The number of rotatable bonds is 6. The van der Waals surface area contributed by atoms with Crippen molar-refractivity contribution in [1.29, 1.82) is 0 Å². The van der Waals surface area contributed by atoms with Gasteiger partial charge in [-0.25, -0.2) is 3.63 Å². The first-order valence-electron chi connectivity index (χ1n) is 4.14. The Kier molecular flexibility index (Phi) is 5.18. The van der Waals surface area contributed by atoms with Crippen LogP contribution < -0.4 is 0 Å². The monoisotopic (exact) mass is 218 g/mol. The summed E-state index contributed by atoms with van der Waals surface area (Å²) >= 11 is 2.84. The van der Waals surface area contributed by atoms with Crippen LogP contribution >= 0.6 is 24.1 Å². The third kappa shape index (κ3) is 6.24. The van der Waals surface area contributed by atoms with Crippen molar-refractivity contribution in [2.45, 2.75) is 37.2 Å². The minimum Gasteiger partial charge on any atom is -0.246 e. The van der Waals surface area contributed by atoms with Crippen LogP contribution in [0.3, 0.4) is 0 Å². The summed E-state index contributed by atoms with van der Waals surface area (Å²) in [7, 11) is 0. The van der Waals surface area contributed by atoms with Crippen LogP contribution in [0, 0.1) is 0 Å². The molecule has 0 aliphatic carbocycles. The first-order valence-corrected chi connectivity index (χ1v) is 5.62. The molecule has 0 aromatic rings. The Morgan fingerprint density at radius 2 is 1.23 bits per heavy atom. The molecule has 0 spiro atoms. The Morgan fingerprint density at radius 3 is 1.46 bits per heavy atom. The second kappa shape index (κ2) is 5.13. The maximum atomic E-state index is 5.44. The van der Waals surface area contributed by atoms with E-state index in [0.717, 1.165) is 0 Å². The summed E-state index contributed by atoms with van der Waals surface area (Å²) in [6, 6.07) is 0. The molecule has 13 heavy (non-hydrogen) atoms. The molecule has 0 heterocycles. The molecule has 0 aliphatic heterocycles. The van der Waals surface area contributed by atoms with E-state index in [1.54, 1.807) is 0 Å². The van der Waals surface area contributed by atoms with Crippen molar-refractivity contribution in [3.05, 3.63) is 25.3 Å². The van der Waals surface area contributed by atoms with E-state index in [9.17, 15) is 0 Å². The van der Waals surface area contributed by atoms with Crippen molar-refractivity contribution in [1.82, 2.24) is 0 Å². The van der Waals surface area contributed by atoms with Gasteiger partial charge in [-0.2, -0.15) is 0 Å². The summed E-state index contributed by atoms with van der Waals surface area (Å²) in [4.78, 5) is 0. The molecule has 0 N–H and O–H groups in total. The second-order valence-electron chi connectivity index (χ2n) is 3.85. The van der Waals surface area contributed by atoms with Gasteiger partial charge in [0.25, 0.3) is 0 Å². The van der Waals surface area contributed by atoms with Crippen LogP contribution in [0.15, 0.2) is 25.3 Å². The van der Waals surface area contributed by atoms with Crippen molar-refractivity contribution in [3.63, 3.8) is 0 Å². The molecule has 0 fully saturated rings. The van der Waals surface area contributed by atoms with E-state index in [1.165, 1.54) is 24.1 Å². The van der Waals surface area contributed by atoms with Gasteiger partial charge < -0.3 is 0 Å². The minimum absolute atomic E-state index is 0.0375. The SMILES string of the molecule is C=CC(C)(C)SOSC(C)(C)C=C. The van der Waals surface area contributed by atoms with Crippen LogP contribution in [0.25, 0.3) is 0 Å². The van der Waals surface area contributed by atoms with E-state index in [4.69, 9.17) is 3.63 Å². The van der Waals surface area contributed by atoms with Gasteiger partial charge in [-0.15, -0.1) is 13.2 Å². The molecule has 0 aliphatic rings. The van der Waals surface area contributed by atoms with E-state index in [0.29, 0.717) is 0 Å². The molecule has 76 valence electrons. The molecule has 1 nitrogen and oxygen atoms in total. The van der Waals surface area contributed by atoms with Gasteiger partial charge in [0.2, 0.25) is 0 Å². The molecule has 0 rings (SSSR count). The van der Waals surface area contributed by atoms with Gasteiger partial charge in [-0.3, -0.25) is 0 Å². The molecular weight excluding hydrogens is 200 g/mol. The highest BCUT2D eigenvalue weighted by Gasteiger charge is 2.19. The maximum Gasteiger partial charge on any atom is 0.0555 e. The Morgan fingerprint density at radius 1 is 0.923 bits per heavy atom. The van der Waals surface area contributed by atoms with Crippen LogP contribution in [-0.2, 0) is 3.63 Å². The lowest BCUT2D eigenvalue weighted by Crippen LogP contribution is -2.12. The normalized spacial score (nSPS) is 12.6. The molecule has 0 aromatic heterocycles. The number of hydrogen-bond donors (Lipinski definition) is 0. The standard InChI is InChI=1S/C10H18OS2/c1-7-9(3,4)12-11-13-10(5,6)8-2/h7-8H,1-2H2,3-6H3. The molecule has 0 saturated carbocycles. The Bertz CT molecular complexity index is 165. The molecule has 0 saturated heterocycles. The average Bonchev–Trinajstić information content (AvgIpc) is 2.04. The summed E-state index contributed by atoms with van der Waals surface area (Å²) in [5.41, 5.74) is 0. The highest BCUT2D eigenvalue weighted by Crippen LogP contribution is 2.36. The molecule has 0 amide bonds. The van der Waals surface area contributed by atoms with Crippen LogP contribution in [0.1, 0.15) is 27.7 Å². The van der Waals surface area contributed by atoms with Crippen molar-refractivity contribution in [2.75, 3.05) is 0 Å². The van der Waals surface area contributed by atoms with Gasteiger partial charge in [-0.1, -0.05) is 12.2 Å². The van der Waals surface area contributed by atoms with Crippen molar-refractivity contribution >= 4 is 24.1 Å². The predicted octanol–water partition coefficient (Wildman–Crippen LogP) is 4.23. The highest BCUT2D eigenvalue weighted by atomic mass is 32.2. The van der Waals surface area contributed by atoms with E-state index in [1.807, 2.05) is 12.2 Å². The largest absolute Gasteiger partial charge is 0.246 e. The van der Waals surface area contributed by atoms with E-state index in [-0.39, 0.29) is 9.49 Å².